The third-order valence-corrected chi connectivity index (χ3v) is 7.69. The van der Waals surface area contributed by atoms with E-state index in [4.69, 9.17) is 0 Å². The van der Waals surface area contributed by atoms with Gasteiger partial charge in [-0.25, -0.2) is 13.4 Å². The van der Waals surface area contributed by atoms with E-state index in [0.29, 0.717) is 30.4 Å². The third-order valence-electron chi connectivity index (χ3n) is 5.08. The van der Waals surface area contributed by atoms with Crippen LogP contribution in [0.1, 0.15) is 43.7 Å². The molecule has 1 aliphatic rings. The maximum absolute atomic E-state index is 12.6. The smallest absolute Gasteiger partial charge is 0.243 e. The molecule has 1 aliphatic heterocycles. The highest BCUT2D eigenvalue weighted by atomic mass is 32.2. The van der Waals surface area contributed by atoms with Crippen LogP contribution in [0.5, 0.6) is 0 Å². The van der Waals surface area contributed by atoms with Gasteiger partial charge in [-0.1, -0.05) is 19.1 Å². The van der Waals surface area contributed by atoms with Crippen molar-refractivity contribution in [2.24, 2.45) is 4.99 Å². The molecule has 3 rings (SSSR count). The molecule has 1 fully saturated rings. The Bertz CT molecular complexity index is 887. The summed E-state index contributed by atoms with van der Waals surface area (Å²) in [4.78, 5) is 5.01. The second-order valence-electron chi connectivity index (χ2n) is 7.29. The van der Waals surface area contributed by atoms with Gasteiger partial charge in [0.1, 0.15) is 0 Å². The maximum Gasteiger partial charge on any atom is 0.243 e. The fourth-order valence-corrected chi connectivity index (χ4v) is 5.58. The molecule has 2 heterocycles. The molecule has 2 N–H and O–H groups in total. The van der Waals surface area contributed by atoms with E-state index in [9.17, 15) is 8.42 Å². The summed E-state index contributed by atoms with van der Waals surface area (Å²) in [6.45, 7) is 7.55. The van der Waals surface area contributed by atoms with Gasteiger partial charge in [-0.15, -0.1) is 0 Å². The number of guanidine groups is 1. The highest BCUT2D eigenvalue weighted by Gasteiger charge is 2.26. The average Bonchev–Trinajstić information content (AvgIpc) is 3.44. The lowest BCUT2D eigenvalue weighted by Gasteiger charge is -2.16. The van der Waals surface area contributed by atoms with Gasteiger partial charge in [-0.3, -0.25) is 0 Å². The van der Waals surface area contributed by atoms with Crippen LogP contribution >= 0.6 is 11.3 Å². The average molecular weight is 435 g/mol. The number of sulfonamides is 1. The first kappa shape index (κ1) is 21.8. The van der Waals surface area contributed by atoms with E-state index >= 15 is 0 Å². The van der Waals surface area contributed by atoms with Crippen LogP contribution in [0.3, 0.4) is 0 Å². The molecule has 0 saturated carbocycles. The molecule has 6 nitrogen and oxygen atoms in total. The van der Waals surface area contributed by atoms with Gasteiger partial charge in [0.15, 0.2) is 5.96 Å². The van der Waals surface area contributed by atoms with Crippen molar-refractivity contribution in [3.63, 3.8) is 0 Å². The highest BCUT2D eigenvalue weighted by Crippen LogP contribution is 2.21. The molecule has 0 radical (unpaired) electrons. The van der Waals surface area contributed by atoms with E-state index < -0.39 is 10.0 Å². The van der Waals surface area contributed by atoms with E-state index in [1.165, 1.54) is 5.56 Å². The number of thiophene rings is 1. The van der Waals surface area contributed by atoms with Gasteiger partial charge in [0.25, 0.3) is 0 Å². The number of aliphatic imine (C=N–C) groups is 1. The van der Waals surface area contributed by atoms with E-state index in [2.05, 4.69) is 39.4 Å². The lowest BCUT2D eigenvalue weighted by Crippen LogP contribution is -2.39. The number of rotatable bonds is 8. The van der Waals surface area contributed by atoms with E-state index in [1.54, 1.807) is 27.8 Å². The number of benzene rings is 1. The Morgan fingerprint density at radius 1 is 1.17 bits per heavy atom. The van der Waals surface area contributed by atoms with Crippen LogP contribution < -0.4 is 10.6 Å². The Balaban J connectivity index is 1.60. The predicted octanol–water partition coefficient (Wildman–Crippen LogP) is 3.39. The van der Waals surface area contributed by atoms with Gasteiger partial charge in [-0.05, 0) is 65.8 Å². The van der Waals surface area contributed by atoms with Crippen LogP contribution in [0.4, 0.5) is 0 Å². The van der Waals surface area contributed by atoms with Crippen molar-refractivity contribution in [3.8, 4) is 0 Å². The van der Waals surface area contributed by atoms with Crippen LogP contribution in [-0.2, 0) is 16.6 Å². The lowest BCUT2D eigenvalue weighted by molar-refractivity contribution is 0.477. The molecule has 1 atom stereocenters. The Hall–Kier alpha value is -1.90. The van der Waals surface area contributed by atoms with Crippen LogP contribution in [0.25, 0.3) is 0 Å². The Kier molecular flexibility index (Phi) is 7.69. The predicted molar refractivity (Wildman–Crippen MR) is 120 cm³/mol. The third kappa shape index (κ3) is 5.81. The molecule has 0 bridgehead atoms. The summed E-state index contributed by atoms with van der Waals surface area (Å²) < 4.78 is 26.8. The van der Waals surface area contributed by atoms with E-state index in [1.807, 2.05) is 19.1 Å². The first-order valence-electron chi connectivity index (χ1n) is 10.1. The van der Waals surface area contributed by atoms with Crippen molar-refractivity contribution >= 4 is 27.3 Å². The molecule has 8 heteroatoms. The zero-order chi connectivity index (χ0) is 20.7. The van der Waals surface area contributed by atoms with Crippen LogP contribution in [0.2, 0.25) is 0 Å². The number of hydrogen-bond donors (Lipinski definition) is 2. The van der Waals surface area contributed by atoms with Gasteiger partial charge in [0, 0.05) is 26.2 Å². The van der Waals surface area contributed by atoms with Crippen molar-refractivity contribution in [1.82, 2.24) is 14.9 Å². The molecule has 1 aromatic heterocycles. The van der Waals surface area contributed by atoms with Crippen molar-refractivity contribution in [2.45, 2.75) is 44.0 Å². The first-order chi connectivity index (χ1) is 14.0. The zero-order valence-electron chi connectivity index (χ0n) is 17.1. The van der Waals surface area contributed by atoms with E-state index in [-0.39, 0.29) is 0 Å². The van der Waals surface area contributed by atoms with Crippen molar-refractivity contribution in [2.75, 3.05) is 26.2 Å². The summed E-state index contributed by atoms with van der Waals surface area (Å²) in [6, 6.07) is 9.24. The second kappa shape index (κ2) is 10.2. The number of hydrogen-bond acceptors (Lipinski definition) is 4. The molecule has 158 valence electrons. The molecule has 1 saturated heterocycles. The fraction of sp³-hybridized carbons (Fsp3) is 0.476. The summed E-state index contributed by atoms with van der Waals surface area (Å²) >= 11 is 1.71. The molecule has 0 amide bonds. The number of nitrogens with one attached hydrogen (secondary N) is 2. The summed E-state index contributed by atoms with van der Waals surface area (Å²) in [5, 5.41) is 10.9. The molecule has 1 aromatic carbocycles. The molecular weight excluding hydrogens is 404 g/mol. The quantitative estimate of drug-likeness (QED) is 0.493. The first-order valence-corrected chi connectivity index (χ1v) is 12.5. The molecule has 29 heavy (non-hydrogen) atoms. The summed E-state index contributed by atoms with van der Waals surface area (Å²) in [7, 11) is -3.36. The minimum absolute atomic E-state index is 0.363. The Morgan fingerprint density at radius 3 is 2.52 bits per heavy atom. The Labute approximate surface area is 178 Å². The molecule has 2 aromatic rings. The monoisotopic (exact) mass is 434 g/mol. The lowest BCUT2D eigenvalue weighted by atomic mass is 10.1. The Morgan fingerprint density at radius 2 is 1.90 bits per heavy atom. The summed E-state index contributed by atoms with van der Waals surface area (Å²) in [5.41, 5.74) is 2.31. The van der Waals surface area contributed by atoms with Crippen molar-refractivity contribution in [3.05, 3.63) is 52.2 Å². The molecule has 0 spiro atoms. The minimum Gasteiger partial charge on any atom is -0.357 e. The minimum atomic E-state index is -3.36. The molecular formula is C21H30N4O2S2. The van der Waals surface area contributed by atoms with Crippen LogP contribution in [-0.4, -0.2) is 44.9 Å². The van der Waals surface area contributed by atoms with Gasteiger partial charge >= 0.3 is 0 Å². The SMILES string of the molecule is CCNC(=NCc1ccc(S(=O)(=O)N2CCCC2)cc1)NCC(C)c1ccsc1. The van der Waals surface area contributed by atoms with Gasteiger partial charge in [0.2, 0.25) is 10.0 Å². The second-order valence-corrected chi connectivity index (χ2v) is 10.0. The molecule has 1 unspecified atom stereocenters. The zero-order valence-corrected chi connectivity index (χ0v) is 18.7. The normalized spacial score (nSPS) is 16.7. The highest BCUT2D eigenvalue weighted by molar-refractivity contribution is 7.89. The largest absolute Gasteiger partial charge is 0.357 e. The maximum atomic E-state index is 12.6. The van der Waals surface area contributed by atoms with Crippen LogP contribution in [0, 0.1) is 0 Å². The topological polar surface area (TPSA) is 73.8 Å². The van der Waals surface area contributed by atoms with Crippen molar-refractivity contribution < 1.29 is 8.42 Å². The van der Waals surface area contributed by atoms with Gasteiger partial charge < -0.3 is 10.6 Å². The summed E-state index contributed by atoms with van der Waals surface area (Å²) in [5.74, 6) is 1.17. The van der Waals surface area contributed by atoms with Gasteiger partial charge in [-0.2, -0.15) is 15.6 Å². The van der Waals surface area contributed by atoms with Gasteiger partial charge in [0.05, 0.1) is 11.4 Å². The van der Waals surface area contributed by atoms with Crippen molar-refractivity contribution in [1.29, 1.82) is 0 Å². The molecule has 0 aliphatic carbocycles. The summed E-state index contributed by atoms with van der Waals surface area (Å²) in [6.07, 6.45) is 1.88. The standard InChI is InChI=1S/C21H30N4O2S2/c1-3-22-21(23-14-17(2)19-10-13-28-16-19)24-15-18-6-8-20(9-7-18)29(26,27)25-11-4-5-12-25/h6-10,13,16-17H,3-5,11-12,14-15H2,1-2H3,(H2,22,23,24). The number of nitrogens with zero attached hydrogens (tertiary/aromatic N) is 2. The fourth-order valence-electron chi connectivity index (χ4n) is 3.28. The van der Waals surface area contributed by atoms with Crippen LogP contribution in [0.15, 0.2) is 51.0 Å². The van der Waals surface area contributed by atoms with E-state index in [0.717, 1.165) is 37.5 Å².